The summed E-state index contributed by atoms with van der Waals surface area (Å²) >= 11 is 0. The maximum Gasteiger partial charge on any atom is 0.0621 e. The lowest BCUT2D eigenvalue weighted by Gasteiger charge is -2.34. The molecule has 0 aromatic heterocycles. The molecule has 1 aliphatic heterocycles. The van der Waals surface area contributed by atoms with Crippen molar-refractivity contribution in [3.05, 3.63) is 23.7 Å². The van der Waals surface area contributed by atoms with Gasteiger partial charge in [-0.1, -0.05) is 20.4 Å². The van der Waals surface area contributed by atoms with Gasteiger partial charge in [-0.25, -0.2) is 0 Å². The summed E-state index contributed by atoms with van der Waals surface area (Å²) in [6.07, 6.45) is 1.86. The fourth-order valence-electron chi connectivity index (χ4n) is 1.92. The van der Waals surface area contributed by atoms with Gasteiger partial charge < -0.3 is 4.90 Å². The highest BCUT2D eigenvalue weighted by Crippen LogP contribution is 2.27. The van der Waals surface area contributed by atoms with E-state index in [1.165, 1.54) is 11.4 Å². The largest absolute Gasteiger partial charge is 0.340 e. The average Bonchev–Trinajstić information content (AvgIpc) is 2.02. The summed E-state index contributed by atoms with van der Waals surface area (Å²) in [5, 5.41) is 0. The van der Waals surface area contributed by atoms with Gasteiger partial charge in [0, 0.05) is 11.7 Å². The van der Waals surface area contributed by atoms with E-state index >= 15 is 0 Å². The molecule has 0 aliphatic carbocycles. The van der Waals surface area contributed by atoms with Crippen molar-refractivity contribution in [2.45, 2.75) is 40.7 Å². The molecule has 0 N–H and O–H groups in total. The first-order chi connectivity index (χ1) is 6.45. The monoisotopic (exact) mass is 192 g/mol. The Hall–Kier alpha value is -1.05. The van der Waals surface area contributed by atoms with Crippen molar-refractivity contribution in [1.82, 2.24) is 4.90 Å². The van der Waals surface area contributed by atoms with E-state index in [-0.39, 0.29) is 0 Å². The van der Waals surface area contributed by atoms with E-state index in [1.54, 1.807) is 0 Å². The molecule has 0 fully saturated rings. The molecular formula is C12H20N2. The van der Waals surface area contributed by atoms with Crippen LogP contribution < -0.4 is 0 Å². The molecule has 2 heteroatoms. The maximum atomic E-state index is 4.44. The number of nitrogens with zero attached hydrogens (tertiary/aromatic N) is 2. The lowest BCUT2D eigenvalue weighted by molar-refractivity contribution is 0.359. The molecule has 0 aromatic carbocycles. The van der Waals surface area contributed by atoms with Gasteiger partial charge in [-0.2, -0.15) is 0 Å². The van der Waals surface area contributed by atoms with Gasteiger partial charge in [0.05, 0.1) is 17.6 Å². The number of hydrogen-bond donors (Lipinski definition) is 0. The van der Waals surface area contributed by atoms with Crippen LogP contribution in [-0.2, 0) is 0 Å². The van der Waals surface area contributed by atoms with Gasteiger partial charge in [0.1, 0.15) is 0 Å². The Morgan fingerprint density at radius 3 is 2.29 bits per heavy atom. The summed E-state index contributed by atoms with van der Waals surface area (Å²) in [5.41, 5.74) is 3.40. The van der Waals surface area contributed by atoms with Gasteiger partial charge in [0.15, 0.2) is 0 Å². The van der Waals surface area contributed by atoms with Crippen molar-refractivity contribution in [2.75, 3.05) is 0 Å². The number of hydrogen-bond acceptors (Lipinski definition) is 2. The predicted octanol–water partition coefficient (Wildman–Crippen LogP) is 3.18. The molecule has 1 heterocycles. The SMILES string of the molecule is C=C1C=NC(C(C)C)=C(C)N1C(C)C. The second kappa shape index (κ2) is 3.99. The summed E-state index contributed by atoms with van der Waals surface area (Å²) in [4.78, 5) is 6.68. The molecule has 2 nitrogen and oxygen atoms in total. The molecule has 0 amide bonds. The van der Waals surface area contributed by atoms with Gasteiger partial charge >= 0.3 is 0 Å². The third kappa shape index (κ3) is 1.89. The smallest absolute Gasteiger partial charge is 0.0621 e. The second-order valence-corrected chi connectivity index (χ2v) is 4.34. The van der Waals surface area contributed by atoms with E-state index < -0.39 is 0 Å². The summed E-state index contributed by atoms with van der Waals surface area (Å²) in [6, 6.07) is 0.447. The van der Waals surface area contributed by atoms with Crippen LogP contribution in [0.5, 0.6) is 0 Å². The fraction of sp³-hybridized carbons (Fsp3) is 0.583. The zero-order chi connectivity index (χ0) is 10.9. The summed E-state index contributed by atoms with van der Waals surface area (Å²) in [6.45, 7) is 14.8. The van der Waals surface area contributed by atoms with E-state index in [2.05, 4.69) is 51.1 Å². The molecule has 0 unspecified atom stereocenters. The lowest BCUT2D eigenvalue weighted by atomic mass is 10.1. The van der Waals surface area contributed by atoms with Gasteiger partial charge in [0.2, 0.25) is 0 Å². The molecule has 0 saturated heterocycles. The minimum atomic E-state index is 0.447. The summed E-state index contributed by atoms with van der Waals surface area (Å²) in [5.74, 6) is 0.473. The van der Waals surface area contributed by atoms with Gasteiger partial charge in [-0.05, 0) is 26.7 Å². The zero-order valence-electron chi connectivity index (χ0n) is 9.83. The molecule has 0 saturated carbocycles. The molecule has 1 aliphatic rings. The first-order valence-electron chi connectivity index (χ1n) is 5.18. The Balaban J connectivity index is 3.08. The maximum absolute atomic E-state index is 4.44. The van der Waals surface area contributed by atoms with Crippen LogP contribution in [0.25, 0.3) is 0 Å². The van der Waals surface area contributed by atoms with Crippen molar-refractivity contribution in [3.63, 3.8) is 0 Å². The lowest BCUT2D eigenvalue weighted by Crippen LogP contribution is -2.32. The van der Waals surface area contributed by atoms with Crippen molar-refractivity contribution in [2.24, 2.45) is 10.9 Å². The Morgan fingerprint density at radius 2 is 1.86 bits per heavy atom. The molecule has 14 heavy (non-hydrogen) atoms. The van der Waals surface area contributed by atoms with Crippen molar-refractivity contribution in [3.8, 4) is 0 Å². The number of rotatable bonds is 2. The van der Waals surface area contributed by atoms with E-state index in [0.717, 1.165) is 5.70 Å². The van der Waals surface area contributed by atoms with E-state index in [9.17, 15) is 0 Å². The average molecular weight is 192 g/mol. The Morgan fingerprint density at radius 1 is 1.29 bits per heavy atom. The molecule has 1 rings (SSSR count). The fourth-order valence-corrected chi connectivity index (χ4v) is 1.92. The number of allylic oxidation sites excluding steroid dienone is 3. The third-order valence-electron chi connectivity index (χ3n) is 2.46. The van der Waals surface area contributed by atoms with Crippen molar-refractivity contribution in [1.29, 1.82) is 0 Å². The molecule has 0 bridgehead atoms. The Kier molecular flexibility index (Phi) is 3.14. The predicted molar refractivity (Wildman–Crippen MR) is 62.1 cm³/mol. The van der Waals surface area contributed by atoms with Crippen LogP contribution in [-0.4, -0.2) is 17.2 Å². The molecule has 0 atom stereocenters. The normalized spacial score (nSPS) is 17.6. The Labute approximate surface area is 87.0 Å². The van der Waals surface area contributed by atoms with Crippen LogP contribution in [0.3, 0.4) is 0 Å². The van der Waals surface area contributed by atoms with Crippen LogP contribution in [0, 0.1) is 5.92 Å². The zero-order valence-corrected chi connectivity index (χ0v) is 9.83. The summed E-state index contributed by atoms with van der Waals surface area (Å²) in [7, 11) is 0. The highest BCUT2D eigenvalue weighted by molar-refractivity contribution is 5.80. The molecule has 0 aromatic rings. The summed E-state index contributed by atoms with van der Waals surface area (Å²) < 4.78 is 0. The minimum absolute atomic E-state index is 0.447. The molecule has 78 valence electrons. The first kappa shape index (κ1) is 11.0. The molecule has 0 spiro atoms. The van der Waals surface area contributed by atoms with E-state index in [0.29, 0.717) is 12.0 Å². The van der Waals surface area contributed by atoms with Gasteiger partial charge in [0.25, 0.3) is 0 Å². The van der Waals surface area contributed by atoms with Gasteiger partial charge in [-0.15, -0.1) is 0 Å². The molecule has 0 radical (unpaired) electrons. The third-order valence-corrected chi connectivity index (χ3v) is 2.46. The van der Waals surface area contributed by atoms with Crippen molar-refractivity contribution < 1.29 is 0 Å². The molecular weight excluding hydrogens is 172 g/mol. The van der Waals surface area contributed by atoms with Crippen molar-refractivity contribution >= 4 is 6.21 Å². The second-order valence-electron chi connectivity index (χ2n) is 4.34. The quantitative estimate of drug-likeness (QED) is 0.656. The van der Waals surface area contributed by atoms with Crippen LogP contribution in [0.2, 0.25) is 0 Å². The minimum Gasteiger partial charge on any atom is -0.340 e. The van der Waals surface area contributed by atoms with E-state index in [1.807, 2.05) is 6.21 Å². The Bertz CT molecular complexity index is 295. The first-order valence-corrected chi connectivity index (χ1v) is 5.18. The highest BCUT2D eigenvalue weighted by atomic mass is 15.2. The van der Waals surface area contributed by atoms with Crippen LogP contribution in [0.15, 0.2) is 28.7 Å². The van der Waals surface area contributed by atoms with Crippen LogP contribution in [0.4, 0.5) is 0 Å². The van der Waals surface area contributed by atoms with Gasteiger partial charge in [-0.3, -0.25) is 4.99 Å². The highest BCUT2D eigenvalue weighted by Gasteiger charge is 2.20. The number of aliphatic imine (C=N–C) groups is 1. The topological polar surface area (TPSA) is 15.6 Å². The van der Waals surface area contributed by atoms with Crippen LogP contribution >= 0.6 is 0 Å². The van der Waals surface area contributed by atoms with Crippen LogP contribution in [0.1, 0.15) is 34.6 Å². The standard InChI is InChI=1S/C12H20N2/c1-8(2)12-11(6)14(9(3)4)10(5)7-13-12/h7-9H,5H2,1-4,6H3. The van der Waals surface area contributed by atoms with E-state index in [4.69, 9.17) is 0 Å².